The third-order valence-corrected chi connectivity index (χ3v) is 5.29. The fourth-order valence-corrected chi connectivity index (χ4v) is 3.71. The summed E-state index contributed by atoms with van der Waals surface area (Å²) in [6.07, 6.45) is 8.47. The Morgan fingerprint density at radius 3 is 3.00 bits per heavy atom. The van der Waals surface area contributed by atoms with Gasteiger partial charge in [-0.05, 0) is 58.7 Å². The van der Waals surface area contributed by atoms with Crippen LogP contribution < -0.4 is 10.6 Å². The first-order valence-electron chi connectivity index (χ1n) is 9.42. The molecule has 3 heterocycles. The second-order valence-corrected chi connectivity index (χ2v) is 7.09. The molecule has 2 aliphatic heterocycles. The van der Waals surface area contributed by atoms with E-state index in [1.54, 1.807) is 0 Å². The van der Waals surface area contributed by atoms with Crippen molar-refractivity contribution in [1.82, 2.24) is 20.5 Å². The Labute approximate surface area is 144 Å². The Morgan fingerprint density at radius 2 is 2.21 bits per heavy atom. The zero-order valence-corrected chi connectivity index (χ0v) is 14.7. The molecule has 0 saturated carbocycles. The smallest absolute Gasteiger partial charge is 0.273 e. The van der Waals surface area contributed by atoms with Crippen LogP contribution in [0.3, 0.4) is 0 Å². The lowest BCUT2D eigenvalue weighted by molar-refractivity contribution is 0.0944. The van der Waals surface area contributed by atoms with Gasteiger partial charge in [0.25, 0.3) is 5.91 Å². The molecule has 6 heteroatoms. The maximum absolute atomic E-state index is 12.2. The van der Waals surface area contributed by atoms with Crippen LogP contribution in [0.4, 0.5) is 0 Å². The molecule has 1 aromatic heterocycles. The molecule has 1 unspecified atom stereocenters. The summed E-state index contributed by atoms with van der Waals surface area (Å²) in [5.74, 6) is 0.933. The van der Waals surface area contributed by atoms with Crippen molar-refractivity contribution >= 4 is 5.91 Å². The van der Waals surface area contributed by atoms with Crippen molar-refractivity contribution in [3.05, 3.63) is 17.8 Å². The van der Waals surface area contributed by atoms with Crippen molar-refractivity contribution in [2.45, 2.75) is 57.4 Å². The number of rotatable bonds is 6. The number of nitrogens with zero attached hydrogens (tertiary/aromatic N) is 2. The standard InChI is InChI=1S/C18H30N4O2/c1-14-5-2-3-11-22(14)12-4-8-20-17(23)16-13-24-18(21-16)15-6-9-19-10-7-15/h13-15,19H,2-12H2,1H3,(H,20,23). The van der Waals surface area contributed by atoms with Gasteiger partial charge in [0.05, 0.1) is 0 Å². The van der Waals surface area contributed by atoms with E-state index in [1.807, 2.05) is 0 Å². The summed E-state index contributed by atoms with van der Waals surface area (Å²) in [7, 11) is 0. The lowest BCUT2D eigenvalue weighted by Crippen LogP contribution is -2.39. The van der Waals surface area contributed by atoms with Gasteiger partial charge < -0.3 is 20.0 Å². The number of carbonyl (C=O) groups is 1. The number of aromatic nitrogens is 1. The summed E-state index contributed by atoms with van der Waals surface area (Å²) in [5.41, 5.74) is 0.412. The summed E-state index contributed by atoms with van der Waals surface area (Å²) >= 11 is 0. The molecule has 2 N–H and O–H groups in total. The molecule has 0 bridgehead atoms. The molecule has 134 valence electrons. The molecule has 0 radical (unpaired) electrons. The third kappa shape index (κ3) is 4.57. The highest BCUT2D eigenvalue weighted by molar-refractivity contribution is 5.91. The van der Waals surface area contributed by atoms with Crippen LogP contribution in [0.25, 0.3) is 0 Å². The Balaban J connectivity index is 1.39. The van der Waals surface area contributed by atoms with Gasteiger partial charge >= 0.3 is 0 Å². The highest BCUT2D eigenvalue weighted by Crippen LogP contribution is 2.24. The van der Waals surface area contributed by atoms with E-state index in [-0.39, 0.29) is 5.91 Å². The summed E-state index contributed by atoms with van der Waals surface area (Å²) in [6.45, 7) is 7.22. The fourth-order valence-electron chi connectivity index (χ4n) is 3.71. The van der Waals surface area contributed by atoms with Gasteiger partial charge in [0.1, 0.15) is 6.26 Å². The summed E-state index contributed by atoms with van der Waals surface area (Å²) in [5, 5.41) is 6.29. The molecule has 2 fully saturated rings. The minimum absolute atomic E-state index is 0.120. The van der Waals surface area contributed by atoms with Crippen molar-refractivity contribution in [3.63, 3.8) is 0 Å². The maximum atomic E-state index is 12.2. The summed E-state index contributed by atoms with van der Waals surface area (Å²) < 4.78 is 5.53. The van der Waals surface area contributed by atoms with E-state index in [0.717, 1.165) is 38.9 Å². The molecule has 2 aliphatic rings. The van der Waals surface area contributed by atoms with Crippen LogP contribution in [-0.4, -0.2) is 54.6 Å². The van der Waals surface area contributed by atoms with E-state index in [0.29, 0.717) is 30.1 Å². The predicted octanol–water partition coefficient (Wildman–Crippen LogP) is 2.14. The van der Waals surface area contributed by atoms with Crippen LogP contribution >= 0.6 is 0 Å². The highest BCUT2D eigenvalue weighted by atomic mass is 16.3. The monoisotopic (exact) mass is 334 g/mol. The number of carbonyl (C=O) groups excluding carboxylic acids is 1. The number of hydrogen-bond acceptors (Lipinski definition) is 5. The van der Waals surface area contributed by atoms with Crippen LogP contribution in [0.2, 0.25) is 0 Å². The SMILES string of the molecule is CC1CCCCN1CCCNC(=O)c1coc(C2CCNCC2)n1. The Bertz CT molecular complexity index is 525. The molecule has 1 atom stereocenters. The number of hydrogen-bond donors (Lipinski definition) is 2. The molecule has 2 saturated heterocycles. The Kier molecular flexibility index (Phi) is 6.26. The third-order valence-electron chi connectivity index (χ3n) is 5.29. The number of oxazole rings is 1. The van der Waals surface area contributed by atoms with Gasteiger partial charge in [-0.15, -0.1) is 0 Å². The molecule has 0 aliphatic carbocycles. The predicted molar refractivity (Wildman–Crippen MR) is 93.2 cm³/mol. The molecule has 6 nitrogen and oxygen atoms in total. The molecule has 0 spiro atoms. The van der Waals surface area contributed by atoms with Gasteiger partial charge in [0, 0.05) is 25.0 Å². The number of piperidine rings is 2. The molecule has 1 amide bonds. The number of nitrogens with one attached hydrogen (secondary N) is 2. The summed E-state index contributed by atoms with van der Waals surface area (Å²) in [6, 6.07) is 0.678. The van der Waals surface area contributed by atoms with Crippen LogP contribution in [0.5, 0.6) is 0 Å². The van der Waals surface area contributed by atoms with E-state index < -0.39 is 0 Å². The molecular weight excluding hydrogens is 304 g/mol. The van der Waals surface area contributed by atoms with Crippen molar-refractivity contribution in [2.24, 2.45) is 0 Å². The van der Waals surface area contributed by atoms with Gasteiger partial charge in [-0.3, -0.25) is 4.79 Å². The number of likely N-dealkylation sites (tertiary alicyclic amines) is 1. The van der Waals surface area contributed by atoms with E-state index >= 15 is 0 Å². The first-order chi connectivity index (χ1) is 11.7. The second kappa shape index (κ2) is 8.62. The van der Waals surface area contributed by atoms with Gasteiger partial charge in [0.2, 0.25) is 0 Å². The quantitative estimate of drug-likeness (QED) is 0.780. The Hall–Kier alpha value is -1.40. The topological polar surface area (TPSA) is 70.4 Å². The van der Waals surface area contributed by atoms with Crippen molar-refractivity contribution < 1.29 is 9.21 Å². The van der Waals surface area contributed by atoms with Gasteiger partial charge in [-0.1, -0.05) is 6.42 Å². The van der Waals surface area contributed by atoms with Gasteiger partial charge in [0.15, 0.2) is 11.6 Å². The van der Waals surface area contributed by atoms with Crippen LogP contribution in [-0.2, 0) is 0 Å². The Morgan fingerprint density at radius 1 is 1.38 bits per heavy atom. The zero-order chi connectivity index (χ0) is 16.8. The van der Waals surface area contributed by atoms with Crippen LogP contribution in [0.15, 0.2) is 10.7 Å². The second-order valence-electron chi connectivity index (χ2n) is 7.09. The van der Waals surface area contributed by atoms with Gasteiger partial charge in [-0.2, -0.15) is 0 Å². The first kappa shape index (κ1) is 17.4. The van der Waals surface area contributed by atoms with Crippen molar-refractivity contribution in [2.75, 3.05) is 32.7 Å². The molecule has 0 aromatic carbocycles. The highest BCUT2D eigenvalue weighted by Gasteiger charge is 2.22. The average Bonchev–Trinajstić information content (AvgIpc) is 3.11. The summed E-state index contributed by atoms with van der Waals surface area (Å²) in [4.78, 5) is 19.1. The molecular formula is C18H30N4O2. The van der Waals surface area contributed by atoms with Crippen molar-refractivity contribution in [3.8, 4) is 0 Å². The van der Waals surface area contributed by atoms with E-state index in [1.165, 1.54) is 32.1 Å². The zero-order valence-electron chi connectivity index (χ0n) is 14.7. The van der Waals surface area contributed by atoms with E-state index in [9.17, 15) is 4.79 Å². The van der Waals surface area contributed by atoms with Gasteiger partial charge in [-0.25, -0.2) is 4.98 Å². The van der Waals surface area contributed by atoms with E-state index in [4.69, 9.17) is 4.42 Å². The minimum atomic E-state index is -0.120. The normalized spacial score (nSPS) is 23.3. The maximum Gasteiger partial charge on any atom is 0.273 e. The minimum Gasteiger partial charge on any atom is -0.448 e. The van der Waals surface area contributed by atoms with Crippen LogP contribution in [0.1, 0.15) is 67.7 Å². The molecule has 3 rings (SSSR count). The molecule has 24 heavy (non-hydrogen) atoms. The lowest BCUT2D eigenvalue weighted by Gasteiger charge is -2.33. The largest absolute Gasteiger partial charge is 0.448 e. The first-order valence-corrected chi connectivity index (χ1v) is 9.42. The number of amides is 1. The van der Waals surface area contributed by atoms with Crippen molar-refractivity contribution in [1.29, 1.82) is 0 Å². The fraction of sp³-hybridized carbons (Fsp3) is 0.778. The lowest BCUT2D eigenvalue weighted by atomic mass is 9.98. The van der Waals surface area contributed by atoms with Crippen LogP contribution in [0, 0.1) is 0 Å². The molecule has 1 aromatic rings. The van der Waals surface area contributed by atoms with E-state index in [2.05, 4.69) is 27.4 Å². The average molecular weight is 334 g/mol.